The van der Waals surface area contributed by atoms with Gasteiger partial charge in [-0.15, -0.1) is 0 Å². The number of benzene rings is 1. The number of carboxylic acids is 1. The minimum absolute atomic E-state index is 0.0779. The Morgan fingerprint density at radius 3 is 2.75 bits per heavy atom. The Morgan fingerprint density at radius 1 is 1.30 bits per heavy atom. The van der Waals surface area contributed by atoms with E-state index >= 15 is 0 Å². The maximum absolute atomic E-state index is 11.0. The van der Waals surface area contributed by atoms with E-state index in [1.807, 2.05) is 6.92 Å². The second kappa shape index (κ2) is 4.33. The van der Waals surface area contributed by atoms with Crippen LogP contribution in [0, 0.1) is 5.92 Å². The summed E-state index contributed by atoms with van der Waals surface area (Å²) in [6.07, 6.45) is 1.04. The van der Waals surface area contributed by atoms with E-state index in [1.165, 1.54) is 18.2 Å². The SMILES string of the molecule is CC1C=C(C(=O)O)O[C@@H]2Cc3c(O)cc(O)cc3OC12. The molecule has 2 aliphatic rings. The highest BCUT2D eigenvalue weighted by atomic mass is 16.6. The van der Waals surface area contributed by atoms with Crippen molar-refractivity contribution in [3.05, 3.63) is 29.5 Å². The van der Waals surface area contributed by atoms with Crippen LogP contribution in [0.15, 0.2) is 24.0 Å². The predicted molar refractivity (Wildman–Crippen MR) is 67.6 cm³/mol. The van der Waals surface area contributed by atoms with Crippen LogP contribution in [0.25, 0.3) is 0 Å². The Labute approximate surface area is 114 Å². The van der Waals surface area contributed by atoms with Crippen molar-refractivity contribution in [1.29, 1.82) is 0 Å². The van der Waals surface area contributed by atoms with E-state index in [0.29, 0.717) is 17.7 Å². The lowest BCUT2D eigenvalue weighted by Crippen LogP contribution is -2.46. The molecule has 0 aromatic heterocycles. The fourth-order valence-electron chi connectivity index (χ4n) is 2.68. The lowest BCUT2D eigenvalue weighted by Gasteiger charge is -2.39. The van der Waals surface area contributed by atoms with E-state index in [9.17, 15) is 15.0 Å². The molecule has 0 fully saturated rings. The zero-order valence-corrected chi connectivity index (χ0v) is 10.7. The van der Waals surface area contributed by atoms with Gasteiger partial charge in [0.25, 0.3) is 0 Å². The number of hydrogen-bond acceptors (Lipinski definition) is 5. The molecule has 0 amide bonds. The number of fused-ring (bicyclic) bond motifs is 2. The highest BCUT2D eigenvalue weighted by Crippen LogP contribution is 2.41. The first-order valence-corrected chi connectivity index (χ1v) is 6.29. The van der Waals surface area contributed by atoms with Crippen molar-refractivity contribution in [2.75, 3.05) is 0 Å². The summed E-state index contributed by atoms with van der Waals surface area (Å²) in [7, 11) is 0. The number of phenols is 2. The third kappa shape index (κ3) is 1.93. The predicted octanol–water partition coefficient (Wildman–Crippen LogP) is 1.40. The number of rotatable bonds is 1. The second-order valence-corrected chi connectivity index (χ2v) is 5.08. The van der Waals surface area contributed by atoms with E-state index in [0.717, 1.165) is 0 Å². The molecule has 0 spiro atoms. The number of carbonyl (C=O) groups is 1. The van der Waals surface area contributed by atoms with Crippen LogP contribution in [0.5, 0.6) is 17.2 Å². The van der Waals surface area contributed by atoms with Gasteiger partial charge in [-0.3, -0.25) is 0 Å². The average Bonchev–Trinajstić information content (AvgIpc) is 2.37. The summed E-state index contributed by atoms with van der Waals surface area (Å²) in [6.45, 7) is 1.84. The molecule has 2 heterocycles. The Bertz CT molecular complexity index is 606. The van der Waals surface area contributed by atoms with Crippen LogP contribution < -0.4 is 4.74 Å². The van der Waals surface area contributed by atoms with Crippen molar-refractivity contribution in [2.24, 2.45) is 5.92 Å². The first-order valence-electron chi connectivity index (χ1n) is 6.29. The smallest absolute Gasteiger partial charge is 0.370 e. The van der Waals surface area contributed by atoms with Crippen molar-refractivity contribution < 1.29 is 29.6 Å². The number of phenolic OH excluding ortho intramolecular Hbond substituents is 2. The van der Waals surface area contributed by atoms with Gasteiger partial charge in [0.05, 0.1) is 0 Å². The molecule has 0 radical (unpaired) electrons. The highest BCUT2D eigenvalue weighted by Gasteiger charge is 2.40. The molecular weight excluding hydrogens is 264 g/mol. The zero-order chi connectivity index (χ0) is 14.4. The van der Waals surface area contributed by atoms with Crippen LogP contribution in [0.1, 0.15) is 12.5 Å². The standard InChI is InChI=1S/C14H14O6/c1-6-2-12(14(17)18)19-11-5-8-9(16)3-7(15)4-10(8)20-13(6)11/h2-4,6,11,13,15-16H,5H2,1H3,(H,17,18)/t6?,11-,13?/m1/s1. The summed E-state index contributed by atoms with van der Waals surface area (Å²) in [4.78, 5) is 11.0. The molecule has 1 aromatic rings. The molecule has 3 atom stereocenters. The fourth-order valence-corrected chi connectivity index (χ4v) is 2.68. The molecule has 3 rings (SSSR count). The van der Waals surface area contributed by atoms with Gasteiger partial charge in [-0.2, -0.15) is 0 Å². The summed E-state index contributed by atoms with van der Waals surface area (Å²) in [5.74, 6) is -1.10. The fraction of sp³-hybridized carbons (Fsp3) is 0.357. The lowest BCUT2D eigenvalue weighted by atomic mass is 9.89. The van der Waals surface area contributed by atoms with Gasteiger partial charge >= 0.3 is 5.97 Å². The molecule has 0 saturated heterocycles. The molecule has 6 heteroatoms. The van der Waals surface area contributed by atoms with Gasteiger partial charge in [0, 0.05) is 30.0 Å². The first kappa shape index (κ1) is 12.7. The van der Waals surface area contributed by atoms with Crippen LogP contribution >= 0.6 is 0 Å². The zero-order valence-electron chi connectivity index (χ0n) is 10.7. The van der Waals surface area contributed by atoms with E-state index in [2.05, 4.69) is 0 Å². The molecule has 6 nitrogen and oxygen atoms in total. The van der Waals surface area contributed by atoms with Crippen LogP contribution in [0.2, 0.25) is 0 Å². The summed E-state index contributed by atoms with van der Waals surface area (Å²) < 4.78 is 11.2. The maximum Gasteiger partial charge on any atom is 0.370 e. The lowest BCUT2D eigenvalue weighted by molar-refractivity contribution is -0.141. The van der Waals surface area contributed by atoms with Crippen LogP contribution in [-0.2, 0) is 16.0 Å². The number of aliphatic carboxylic acids is 1. The quantitative estimate of drug-likeness (QED) is 0.718. The Hall–Kier alpha value is -2.37. The molecule has 2 aliphatic heterocycles. The van der Waals surface area contributed by atoms with Crippen molar-refractivity contribution in [1.82, 2.24) is 0 Å². The summed E-state index contributed by atoms with van der Waals surface area (Å²) >= 11 is 0. The summed E-state index contributed by atoms with van der Waals surface area (Å²) in [6, 6.07) is 2.66. The Morgan fingerprint density at radius 2 is 2.05 bits per heavy atom. The molecule has 106 valence electrons. The van der Waals surface area contributed by atoms with Gasteiger partial charge < -0.3 is 24.8 Å². The topological polar surface area (TPSA) is 96.2 Å². The van der Waals surface area contributed by atoms with Crippen molar-refractivity contribution >= 4 is 5.97 Å². The normalized spacial score (nSPS) is 27.4. The highest BCUT2D eigenvalue weighted by molar-refractivity contribution is 5.84. The van der Waals surface area contributed by atoms with E-state index in [-0.39, 0.29) is 29.3 Å². The number of ether oxygens (including phenoxy) is 2. The minimum atomic E-state index is -1.11. The number of carboxylic acid groups (broad SMARTS) is 1. The average molecular weight is 278 g/mol. The van der Waals surface area contributed by atoms with Gasteiger partial charge in [0.1, 0.15) is 29.5 Å². The third-order valence-corrected chi connectivity index (χ3v) is 3.63. The summed E-state index contributed by atoms with van der Waals surface area (Å²) in [5, 5.41) is 28.3. The van der Waals surface area contributed by atoms with Crippen molar-refractivity contribution in [2.45, 2.75) is 25.6 Å². The minimum Gasteiger partial charge on any atom is -0.508 e. The van der Waals surface area contributed by atoms with Crippen molar-refractivity contribution in [3.63, 3.8) is 0 Å². The van der Waals surface area contributed by atoms with Gasteiger partial charge in [-0.25, -0.2) is 4.79 Å². The number of hydrogen-bond donors (Lipinski definition) is 3. The van der Waals surface area contributed by atoms with Gasteiger partial charge in [0.15, 0.2) is 0 Å². The molecule has 0 bridgehead atoms. The second-order valence-electron chi connectivity index (χ2n) is 5.08. The number of aromatic hydroxyl groups is 2. The molecular formula is C14H14O6. The first-order chi connectivity index (χ1) is 9.45. The molecule has 2 unspecified atom stereocenters. The molecule has 20 heavy (non-hydrogen) atoms. The largest absolute Gasteiger partial charge is 0.508 e. The van der Waals surface area contributed by atoms with Gasteiger partial charge in [-0.1, -0.05) is 6.92 Å². The van der Waals surface area contributed by atoms with Crippen LogP contribution in [0.4, 0.5) is 0 Å². The maximum atomic E-state index is 11.0. The Balaban J connectivity index is 1.96. The Kier molecular flexibility index (Phi) is 2.74. The third-order valence-electron chi connectivity index (χ3n) is 3.63. The van der Waals surface area contributed by atoms with Gasteiger partial charge in [0.2, 0.25) is 5.76 Å². The molecule has 0 aliphatic carbocycles. The van der Waals surface area contributed by atoms with E-state index in [4.69, 9.17) is 14.6 Å². The molecule has 3 N–H and O–H groups in total. The monoisotopic (exact) mass is 278 g/mol. The van der Waals surface area contributed by atoms with Crippen LogP contribution in [0.3, 0.4) is 0 Å². The van der Waals surface area contributed by atoms with E-state index in [1.54, 1.807) is 0 Å². The van der Waals surface area contributed by atoms with Crippen molar-refractivity contribution in [3.8, 4) is 17.2 Å². The molecule has 0 saturated carbocycles. The van der Waals surface area contributed by atoms with Crippen LogP contribution in [-0.4, -0.2) is 33.5 Å². The van der Waals surface area contributed by atoms with Gasteiger partial charge in [-0.05, 0) is 6.08 Å². The summed E-state index contributed by atoms with van der Waals surface area (Å²) in [5.41, 5.74) is 0.517. The van der Waals surface area contributed by atoms with E-state index < -0.39 is 12.1 Å². The molecule has 1 aromatic carbocycles.